The number of rotatable bonds is 5. The molecule has 7 heteroatoms. The molecule has 3 aromatic rings. The number of carbonyl (C=O) groups is 1. The number of urea groups is 1. The Kier molecular flexibility index (Phi) is 5.38. The van der Waals surface area contributed by atoms with Gasteiger partial charge >= 0.3 is 6.03 Å². The predicted octanol–water partition coefficient (Wildman–Crippen LogP) is 4.36. The number of methoxy groups -OCH3 is 1. The molecule has 25 heavy (non-hydrogen) atoms. The summed E-state index contributed by atoms with van der Waals surface area (Å²) in [6, 6.07) is 16.6. The molecule has 1 aromatic heterocycles. The highest BCUT2D eigenvalue weighted by atomic mass is 32.1. The van der Waals surface area contributed by atoms with Crippen molar-refractivity contribution in [1.82, 2.24) is 10.2 Å². The van der Waals surface area contributed by atoms with Gasteiger partial charge in [0.1, 0.15) is 10.8 Å². The first-order valence-electron chi connectivity index (χ1n) is 7.51. The maximum absolute atomic E-state index is 12.0. The molecule has 6 nitrogen and oxygen atoms in total. The van der Waals surface area contributed by atoms with Crippen LogP contribution in [0, 0.1) is 0 Å². The van der Waals surface area contributed by atoms with E-state index < -0.39 is 0 Å². The Hall–Kier alpha value is -3.19. The lowest BCUT2D eigenvalue weighted by molar-refractivity contribution is 0.262. The van der Waals surface area contributed by atoms with E-state index in [0.717, 1.165) is 5.56 Å². The Morgan fingerprint density at radius 3 is 2.68 bits per heavy atom. The maximum atomic E-state index is 12.0. The molecule has 0 saturated carbocycles. The highest BCUT2D eigenvalue weighted by Crippen LogP contribution is 2.19. The van der Waals surface area contributed by atoms with Crippen molar-refractivity contribution in [2.45, 2.75) is 0 Å². The average molecular weight is 352 g/mol. The molecule has 2 amide bonds. The van der Waals surface area contributed by atoms with Crippen molar-refractivity contribution in [3.05, 3.63) is 65.2 Å². The van der Waals surface area contributed by atoms with Gasteiger partial charge in [0.2, 0.25) is 5.13 Å². The number of aromatic nitrogens is 2. The zero-order valence-electron chi connectivity index (χ0n) is 13.5. The Labute approximate surface area is 149 Å². The van der Waals surface area contributed by atoms with Crippen molar-refractivity contribution in [2.75, 3.05) is 17.7 Å². The normalized spacial score (nSPS) is 10.6. The van der Waals surface area contributed by atoms with Gasteiger partial charge in [-0.2, -0.15) is 0 Å². The molecule has 0 atom stereocenters. The minimum absolute atomic E-state index is 0.386. The number of hydrogen-bond acceptors (Lipinski definition) is 5. The van der Waals surface area contributed by atoms with E-state index in [4.69, 9.17) is 4.74 Å². The van der Waals surface area contributed by atoms with Crippen LogP contribution >= 0.6 is 11.3 Å². The van der Waals surface area contributed by atoms with E-state index in [1.54, 1.807) is 31.4 Å². The van der Waals surface area contributed by atoms with Crippen molar-refractivity contribution in [1.29, 1.82) is 0 Å². The zero-order valence-corrected chi connectivity index (χ0v) is 14.3. The fourth-order valence-corrected chi connectivity index (χ4v) is 2.69. The number of benzene rings is 2. The lowest BCUT2D eigenvalue weighted by Crippen LogP contribution is -2.19. The van der Waals surface area contributed by atoms with Crippen LogP contribution in [0.4, 0.5) is 15.6 Å². The third-order valence-corrected chi connectivity index (χ3v) is 4.01. The quantitative estimate of drug-likeness (QED) is 0.715. The molecule has 2 N–H and O–H groups in total. The number of anilines is 2. The molecular formula is C18H16N4O2S. The Balaban J connectivity index is 1.59. The minimum atomic E-state index is -0.386. The smallest absolute Gasteiger partial charge is 0.325 e. The van der Waals surface area contributed by atoms with Gasteiger partial charge in [0.15, 0.2) is 0 Å². The molecule has 0 fully saturated rings. The Morgan fingerprint density at radius 1 is 1.04 bits per heavy atom. The zero-order chi connectivity index (χ0) is 17.5. The molecule has 0 unspecified atom stereocenters. The highest BCUT2D eigenvalue weighted by Gasteiger charge is 2.07. The summed E-state index contributed by atoms with van der Waals surface area (Å²) in [7, 11) is 1.57. The first-order chi connectivity index (χ1) is 12.2. The molecule has 0 aliphatic heterocycles. The minimum Gasteiger partial charge on any atom is -0.497 e. The van der Waals surface area contributed by atoms with Crippen LogP contribution in [-0.4, -0.2) is 23.3 Å². The van der Waals surface area contributed by atoms with E-state index in [1.807, 2.05) is 42.5 Å². The van der Waals surface area contributed by atoms with Gasteiger partial charge in [-0.15, -0.1) is 10.2 Å². The molecule has 2 aromatic carbocycles. The molecule has 0 aliphatic carbocycles. The van der Waals surface area contributed by atoms with Crippen LogP contribution in [0.15, 0.2) is 54.6 Å². The number of nitrogens with one attached hydrogen (secondary N) is 2. The SMILES string of the molecule is COc1cccc(NC(=O)Nc2nnc(/C=C/c3ccccc3)s2)c1. The van der Waals surface area contributed by atoms with Gasteiger partial charge in [0.05, 0.1) is 7.11 Å². The molecule has 1 heterocycles. The summed E-state index contributed by atoms with van der Waals surface area (Å²) in [5, 5.41) is 14.5. The lowest BCUT2D eigenvalue weighted by atomic mass is 10.2. The van der Waals surface area contributed by atoms with Gasteiger partial charge in [-0.25, -0.2) is 4.79 Å². The average Bonchev–Trinajstić information content (AvgIpc) is 3.08. The van der Waals surface area contributed by atoms with Gasteiger partial charge in [0.25, 0.3) is 0 Å². The van der Waals surface area contributed by atoms with Crippen LogP contribution in [0.2, 0.25) is 0 Å². The number of nitrogens with zero attached hydrogens (tertiary/aromatic N) is 2. The van der Waals surface area contributed by atoms with Crippen LogP contribution in [-0.2, 0) is 0 Å². The summed E-state index contributed by atoms with van der Waals surface area (Å²) in [6.45, 7) is 0. The summed E-state index contributed by atoms with van der Waals surface area (Å²) < 4.78 is 5.12. The second kappa shape index (κ2) is 8.07. The fraction of sp³-hybridized carbons (Fsp3) is 0.0556. The monoisotopic (exact) mass is 352 g/mol. The van der Waals surface area contributed by atoms with E-state index in [9.17, 15) is 4.79 Å². The fourth-order valence-electron chi connectivity index (χ4n) is 2.04. The van der Waals surface area contributed by atoms with Crippen molar-refractivity contribution in [3.63, 3.8) is 0 Å². The molecule has 0 aliphatic rings. The second-order valence-electron chi connectivity index (χ2n) is 5.00. The molecule has 0 spiro atoms. The number of carbonyl (C=O) groups excluding carboxylic acids is 1. The highest BCUT2D eigenvalue weighted by molar-refractivity contribution is 7.16. The third kappa shape index (κ3) is 4.89. The van der Waals surface area contributed by atoms with Crippen LogP contribution in [0.3, 0.4) is 0 Å². The van der Waals surface area contributed by atoms with Crippen LogP contribution in [0.5, 0.6) is 5.75 Å². The predicted molar refractivity (Wildman–Crippen MR) is 101 cm³/mol. The summed E-state index contributed by atoms with van der Waals surface area (Å²) in [6.07, 6.45) is 3.80. The number of amides is 2. The summed E-state index contributed by atoms with van der Waals surface area (Å²) in [4.78, 5) is 12.0. The number of hydrogen-bond donors (Lipinski definition) is 2. The van der Waals surface area contributed by atoms with Gasteiger partial charge in [0, 0.05) is 11.8 Å². The van der Waals surface area contributed by atoms with Crippen LogP contribution in [0.1, 0.15) is 10.6 Å². The first-order valence-corrected chi connectivity index (χ1v) is 8.33. The van der Waals surface area contributed by atoms with E-state index in [-0.39, 0.29) is 6.03 Å². The van der Waals surface area contributed by atoms with Crippen LogP contribution in [0.25, 0.3) is 12.2 Å². The van der Waals surface area contributed by atoms with Crippen molar-refractivity contribution in [3.8, 4) is 5.75 Å². The summed E-state index contributed by atoms with van der Waals surface area (Å²) in [5.74, 6) is 0.669. The lowest BCUT2D eigenvalue weighted by Gasteiger charge is -2.06. The number of ether oxygens (including phenoxy) is 1. The molecular weight excluding hydrogens is 336 g/mol. The molecule has 0 bridgehead atoms. The largest absolute Gasteiger partial charge is 0.497 e. The standard InChI is InChI=1S/C18H16N4O2S/c1-24-15-9-5-8-14(12-15)19-17(23)20-18-22-21-16(25-18)11-10-13-6-3-2-4-7-13/h2-12H,1H3,(H2,19,20,22,23)/b11-10+. The molecule has 3 rings (SSSR count). The van der Waals surface area contributed by atoms with E-state index in [2.05, 4.69) is 20.8 Å². The molecule has 0 radical (unpaired) electrons. The van der Waals surface area contributed by atoms with Gasteiger partial charge in [-0.1, -0.05) is 53.8 Å². The van der Waals surface area contributed by atoms with Crippen molar-refractivity contribution >= 4 is 40.3 Å². The van der Waals surface area contributed by atoms with E-state index >= 15 is 0 Å². The van der Waals surface area contributed by atoms with Gasteiger partial charge in [-0.3, -0.25) is 5.32 Å². The van der Waals surface area contributed by atoms with Gasteiger partial charge in [-0.05, 0) is 23.8 Å². The maximum Gasteiger partial charge on any atom is 0.325 e. The second-order valence-corrected chi connectivity index (χ2v) is 6.01. The summed E-state index contributed by atoms with van der Waals surface area (Å²) >= 11 is 1.29. The van der Waals surface area contributed by atoms with E-state index in [0.29, 0.717) is 21.6 Å². The van der Waals surface area contributed by atoms with Crippen LogP contribution < -0.4 is 15.4 Å². The summed E-state index contributed by atoms with van der Waals surface area (Å²) in [5.41, 5.74) is 1.70. The Morgan fingerprint density at radius 2 is 1.88 bits per heavy atom. The molecule has 0 saturated heterocycles. The van der Waals surface area contributed by atoms with Crippen molar-refractivity contribution < 1.29 is 9.53 Å². The first kappa shape index (κ1) is 16.7. The van der Waals surface area contributed by atoms with E-state index in [1.165, 1.54) is 11.3 Å². The third-order valence-electron chi connectivity index (χ3n) is 3.21. The topological polar surface area (TPSA) is 76.1 Å². The van der Waals surface area contributed by atoms with Gasteiger partial charge < -0.3 is 10.1 Å². The van der Waals surface area contributed by atoms with Crippen molar-refractivity contribution in [2.24, 2.45) is 0 Å². The molecule has 126 valence electrons. The Bertz CT molecular complexity index is 878.